The van der Waals surface area contributed by atoms with Gasteiger partial charge in [0.25, 0.3) is 0 Å². The van der Waals surface area contributed by atoms with Crippen LogP contribution >= 0.6 is 0 Å². The van der Waals surface area contributed by atoms with Crippen LogP contribution in [0.5, 0.6) is 0 Å². The van der Waals surface area contributed by atoms with Crippen LogP contribution in [0.3, 0.4) is 0 Å². The second kappa shape index (κ2) is 7.38. The summed E-state index contributed by atoms with van der Waals surface area (Å²) >= 11 is 0. The van der Waals surface area contributed by atoms with Gasteiger partial charge in [0.05, 0.1) is 0 Å². The average Bonchev–Trinajstić information content (AvgIpc) is 2.49. The van der Waals surface area contributed by atoms with Gasteiger partial charge in [-0.15, -0.1) is 0 Å². The zero-order valence-electron chi connectivity index (χ0n) is 11.4. The van der Waals surface area contributed by atoms with Crippen molar-refractivity contribution < 1.29 is 13.6 Å². The minimum Gasteiger partial charge on any atom is -0.338 e. The number of urea groups is 1. The van der Waals surface area contributed by atoms with E-state index in [1.807, 2.05) is 0 Å². The second-order valence-electron chi connectivity index (χ2n) is 4.61. The Bertz CT molecular complexity index is 582. The molecule has 0 bridgehead atoms. The highest BCUT2D eigenvalue weighted by Crippen LogP contribution is 2.03. The summed E-state index contributed by atoms with van der Waals surface area (Å²) in [5.74, 6) is -0.578. The number of nitrogens with one attached hydrogen (secondary N) is 2. The summed E-state index contributed by atoms with van der Waals surface area (Å²) in [6.45, 7) is 0.795. The molecule has 0 saturated carbocycles. The van der Waals surface area contributed by atoms with E-state index in [0.717, 1.165) is 11.1 Å². The maximum atomic E-state index is 12.7. The Labute approximate surface area is 122 Å². The van der Waals surface area contributed by atoms with Crippen LogP contribution in [0.25, 0.3) is 0 Å². The third-order valence-electron chi connectivity index (χ3n) is 2.98. The molecule has 2 N–H and O–H groups in total. The lowest BCUT2D eigenvalue weighted by Gasteiger charge is -2.08. The van der Waals surface area contributed by atoms with Gasteiger partial charge in [-0.25, -0.2) is 13.6 Å². The van der Waals surface area contributed by atoms with Crippen LogP contribution in [0.15, 0.2) is 48.5 Å². The minimum absolute atomic E-state index is 0.274. The Balaban J connectivity index is 1.67. The van der Waals surface area contributed by atoms with E-state index >= 15 is 0 Å². The molecule has 0 fully saturated rings. The first-order valence-corrected chi connectivity index (χ1v) is 6.64. The van der Waals surface area contributed by atoms with Gasteiger partial charge in [-0.3, -0.25) is 0 Å². The number of benzene rings is 2. The maximum absolute atomic E-state index is 12.7. The van der Waals surface area contributed by atoms with Gasteiger partial charge in [0.15, 0.2) is 0 Å². The molecule has 0 aliphatic carbocycles. The molecule has 2 rings (SSSR count). The van der Waals surface area contributed by atoms with E-state index in [9.17, 15) is 13.6 Å². The Hall–Kier alpha value is -2.43. The predicted octanol–water partition coefficient (Wildman–Crippen LogP) is 3.01. The molecular formula is C16H16F2N2O. The lowest BCUT2D eigenvalue weighted by atomic mass is 10.1. The largest absolute Gasteiger partial charge is 0.338 e. The van der Waals surface area contributed by atoms with E-state index < -0.39 is 0 Å². The highest BCUT2D eigenvalue weighted by molar-refractivity contribution is 5.73. The fourth-order valence-electron chi connectivity index (χ4n) is 1.82. The summed E-state index contributed by atoms with van der Waals surface area (Å²) in [6.07, 6.45) is 0.629. The summed E-state index contributed by atoms with van der Waals surface area (Å²) in [4.78, 5) is 11.6. The third kappa shape index (κ3) is 5.22. The van der Waals surface area contributed by atoms with Crippen LogP contribution in [0.2, 0.25) is 0 Å². The highest BCUT2D eigenvalue weighted by Gasteiger charge is 2.01. The molecule has 2 aromatic rings. The molecule has 0 spiro atoms. The van der Waals surface area contributed by atoms with Crippen LogP contribution in [0, 0.1) is 11.6 Å². The van der Waals surface area contributed by atoms with Gasteiger partial charge < -0.3 is 10.6 Å². The van der Waals surface area contributed by atoms with Gasteiger partial charge in [-0.2, -0.15) is 0 Å². The first-order valence-electron chi connectivity index (χ1n) is 6.64. The van der Waals surface area contributed by atoms with E-state index in [0.29, 0.717) is 19.5 Å². The monoisotopic (exact) mass is 290 g/mol. The van der Waals surface area contributed by atoms with Crippen LogP contribution in [-0.4, -0.2) is 12.6 Å². The van der Waals surface area contributed by atoms with E-state index in [4.69, 9.17) is 0 Å². The molecule has 21 heavy (non-hydrogen) atoms. The molecule has 3 nitrogen and oxygen atoms in total. The topological polar surface area (TPSA) is 41.1 Å². The molecule has 0 saturated heterocycles. The van der Waals surface area contributed by atoms with Crippen molar-refractivity contribution in [3.63, 3.8) is 0 Å². The zero-order chi connectivity index (χ0) is 15.1. The van der Waals surface area contributed by atoms with Gasteiger partial charge in [0.1, 0.15) is 11.6 Å². The molecule has 0 heterocycles. The summed E-state index contributed by atoms with van der Waals surface area (Å²) in [6, 6.07) is 11.8. The highest BCUT2D eigenvalue weighted by atomic mass is 19.1. The van der Waals surface area contributed by atoms with E-state index in [2.05, 4.69) is 10.6 Å². The van der Waals surface area contributed by atoms with Crippen LogP contribution in [-0.2, 0) is 13.0 Å². The Morgan fingerprint density at radius 1 is 0.810 bits per heavy atom. The fraction of sp³-hybridized carbons (Fsp3) is 0.188. The van der Waals surface area contributed by atoms with Crippen LogP contribution in [0.1, 0.15) is 11.1 Å². The van der Waals surface area contributed by atoms with Crippen LogP contribution in [0.4, 0.5) is 13.6 Å². The van der Waals surface area contributed by atoms with Crippen molar-refractivity contribution in [2.24, 2.45) is 0 Å². The van der Waals surface area contributed by atoms with Gasteiger partial charge in [-0.05, 0) is 41.8 Å². The van der Waals surface area contributed by atoms with Crippen molar-refractivity contribution in [3.8, 4) is 0 Å². The van der Waals surface area contributed by atoms with Gasteiger partial charge >= 0.3 is 6.03 Å². The minimum atomic E-state index is -0.303. The van der Waals surface area contributed by atoms with E-state index in [-0.39, 0.29) is 17.7 Å². The van der Waals surface area contributed by atoms with Gasteiger partial charge in [-0.1, -0.05) is 24.3 Å². The number of hydrogen-bond acceptors (Lipinski definition) is 1. The normalized spacial score (nSPS) is 10.2. The van der Waals surface area contributed by atoms with E-state index in [1.165, 1.54) is 24.3 Å². The Morgan fingerprint density at radius 2 is 1.33 bits per heavy atom. The summed E-state index contributed by atoms with van der Waals surface area (Å²) in [7, 11) is 0. The SMILES string of the molecule is O=C(NCCc1ccc(F)cc1)NCc1ccc(F)cc1. The molecule has 5 heteroatoms. The predicted molar refractivity (Wildman–Crippen MR) is 76.7 cm³/mol. The van der Waals surface area contributed by atoms with Crippen molar-refractivity contribution in [1.29, 1.82) is 0 Å². The lowest BCUT2D eigenvalue weighted by molar-refractivity contribution is 0.240. The molecule has 2 aromatic carbocycles. The first kappa shape index (κ1) is 15.0. The standard InChI is InChI=1S/C16H16F2N2O/c17-14-5-1-12(2-6-14)9-10-19-16(21)20-11-13-3-7-15(18)8-4-13/h1-8H,9-11H2,(H2,19,20,21). The van der Waals surface area contributed by atoms with Crippen molar-refractivity contribution in [1.82, 2.24) is 10.6 Å². The van der Waals surface area contributed by atoms with Gasteiger partial charge in [0, 0.05) is 13.1 Å². The third-order valence-corrected chi connectivity index (χ3v) is 2.98. The first-order chi connectivity index (χ1) is 10.1. The van der Waals surface area contributed by atoms with Crippen molar-refractivity contribution >= 4 is 6.03 Å². The fourth-order valence-corrected chi connectivity index (χ4v) is 1.82. The molecule has 0 radical (unpaired) electrons. The van der Waals surface area contributed by atoms with Crippen molar-refractivity contribution in [3.05, 3.63) is 71.3 Å². The maximum Gasteiger partial charge on any atom is 0.315 e. The number of hydrogen-bond donors (Lipinski definition) is 2. The second-order valence-corrected chi connectivity index (χ2v) is 4.61. The average molecular weight is 290 g/mol. The molecule has 0 atom stereocenters. The Kier molecular flexibility index (Phi) is 5.26. The van der Waals surface area contributed by atoms with Crippen LogP contribution < -0.4 is 10.6 Å². The summed E-state index contributed by atoms with van der Waals surface area (Å²) in [5, 5.41) is 5.39. The van der Waals surface area contributed by atoms with Gasteiger partial charge in [0.2, 0.25) is 0 Å². The van der Waals surface area contributed by atoms with E-state index in [1.54, 1.807) is 24.3 Å². The smallest absolute Gasteiger partial charge is 0.315 e. The molecular weight excluding hydrogens is 274 g/mol. The molecule has 0 aliphatic heterocycles. The summed E-state index contributed by atoms with van der Waals surface area (Å²) in [5.41, 5.74) is 1.78. The molecule has 0 unspecified atom stereocenters. The van der Waals surface area contributed by atoms with Crippen molar-refractivity contribution in [2.45, 2.75) is 13.0 Å². The number of carbonyl (C=O) groups excluding carboxylic acids is 1. The number of amides is 2. The van der Waals surface area contributed by atoms with Crippen molar-refractivity contribution in [2.75, 3.05) is 6.54 Å². The zero-order valence-corrected chi connectivity index (χ0v) is 11.4. The number of rotatable bonds is 5. The molecule has 110 valence electrons. The lowest BCUT2D eigenvalue weighted by Crippen LogP contribution is -2.36. The summed E-state index contributed by atoms with van der Waals surface area (Å²) < 4.78 is 25.4. The quantitative estimate of drug-likeness (QED) is 0.873. The Morgan fingerprint density at radius 3 is 1.90 bits per heavy atom. The molecule has 0 aromatic heterocycles. The molecule has 2 amide bonds. The number of carbonyl (C=O) groups is 1. The molecule has 0 aliphatic rings. The number of halogens is 2.